The third kappa shape index (κ3) is 3.91. The van der Waals surface area contributed by atoms with Crippen LogP contribution in [0.1, 0.15) is 18.2 Å². The molecule has 0 spiro atoms. The Morgan fingerprint density at radius 2 is 2.24 bits per heavy atom. The van der Waals surface area contributed by atoms with Crippen molar-refractivity contribution in [3.63, 3.8) is 0 Å². The molecule has 0 bridgehead atoms. The standard InChI is InChI=1S/C11H14ClN3S.ClH/c1-2-7-15-11(5-6-14-15)13-8-9-3-4-10(12)16-9;/h3-6,13H,2,7-8H2,1H3;1H. The van der Waals surface area contributed by atoms with Crippen molar-refractivity contribution in [1.82, 2.24) is 9.78 Å². The molecule has 1 N–H and O–H groups in total. The highest BCUT2D eigenvalue weighted by Gasteiger charge is 2.02. The molecular weight excluding hydrogens is 277 g/mol. The second-order valence-corrected chi connectivity index (χ2v) is 5.30. The van der Waals surface area contributed by atoms with Crippen LogP contribution in [0.3, 0.4) is 0 Å². The van der Waals surface area contributed by atoms with Gasteiger partial charge in [0.25, 0.3) is 0 Å². The molecule has 0 aliphatic heterocycles. The normalized spacial score (nSPS) is 10.0. The van der Waals surface area contributed by atoms with Crippen LogP contribution >= 0.6 is 35.3 Å². The summed E-state index contributed by atoms with van der Waals surface area (Å²) in [6.07, 6.45) is 2.90. The minimum Gasteiger partial charge on any atom is -0.365 e. The minimum absolute atomic E-state index is 0. The zero-order chi connectivity index (χ0) is 11.4. The molecule has 0 amide bonds. The number of aryl methyl sites for hydroxylation is 1. The van der Waals surface area contributed by atoms with E-state index in [2.05, 4.69) is 17.3 Å². The molecule has 0 saturated carbocycles. The van der Waals surface area contributed by atoms with Crippen molar-refractivity contribution in [2.75, 3.05) is 5.32 Å². The first-order valence-corrected chi connectivity index (χ1v) is 6.49. The average Bonchev–Trinajstić information content (AvgIpc) is 2.85. The van der Waals surface area contributed by atoms with Gasteiger partial charge in [0, 0.05) is 17.5 Å². The highest BCUT2D eigenvalue weighted by atomic mass is 35.5. The molecule has 3 nitrogen and oxygen atoms in total. The Balaban J connectivity index is 0.00000144. The van der Waals surface area contributed by atoms with Crippen molar-refractivity contribution in [2.45, 2.75) is 26.4 Å². The Morgan fingerprint density at radius 3 is 2.88 bits per heavy atom. The maximum atomic E-state index is 5.88. The van der Waals surface area contributed by atoms with Gasteiger partial charge in [0.1, 0.15) is 5.82 Å². The van der Waals surface area contributed by atoms with Crippen LogP contribution in [0, 0.1) is 0 Å². The van der Waals surface area contributed by atoms with Crippen LogP contribution in [0.4, 0.5) is 5.82 Å². The zero-order valence-corrected chi connectivity index (χ0v) is 11.9. The van der Waals surface area contributed by atoms with E-state index in [4.69, 9.17) is 11.6 Å². The largest absolute Gasteiger partial charge is 0.365 e. The first-order valence-electron chi connectivity index (χ1n) is 5.29. The van der Waals surface area contributed by atoms with Crippen LogP contribution in [0.25, 0.3) is 0 Å². The summed E-state index contributed by atoms with van der Waals surface area (Å²) in [7, 11) is 0. The van der Waals surface area contributed by atoms with E-state index < -0.39 is 0 Å². The van der Waals surface area contributed by atoms with Crippen LogP contribution in [0.15, 0.2) is 24.4 Å². The number of rotatable bonds is 5. The van der Waals surface area contributed by atoms with Crippen molar-refractivity contribution >= 4 is 41.2 Å². The van der Waals surface area contributed by atoms with Crippen molar-refractivity contribution in [1.29, 1.82) is 0 Å². The number of nitrogens with one attached hydrogen (secondary N) is 1. The molecule has 0 unspecified atom stereocenters. The van der Waals surface area contributed by atoms with E-state index in [9.17, 15) is 0 Å². The fourth-order valence-corrected chi connectivity index (χ4v) is 2.52. The lowest BCUT2D eigenvalue weighted by Gasteiger charge is -2.07. The Kier molecular flexibility index (Phi) is 5.82. The summed E-state index contributed by atoms with van der Waals surface area (Å²) < 4.78 is 2.81. The van der Waals surface area contributed by atoms with Gasteiger partial charge in [-0.15, -0.1) is 23.7 Å². The van der Waals surface area contributed by atoms with E-state index in [1.807, 2.05) is 29.1 Å². The van der Waals surface area contributed by atoms with Gasteiger partial charge >= 0.3 is 0 Å². The summed E-state index contributed by atoms with van der Waals surface area (Å²) in [5, 5.41) is 7.61. The molecule has 2 aromatic rings. The fourth-order valence-electron chi connectivity index (χ4n) is 1.50. The number of aromatic nitrogens is 2. The molecule has 0 fully saturated rings. The smallest absolute Gasteiger partial charge is 0.124 e. The SMILES string of the molecule is CCCn1nccc1NCc1ccc(Cl)s1.Cl. The maximum Gasteiger partial charge on any atom is 0.124 e. The third-order valence-corrected chi connectivity index (χ3v) is 3.46. The molecule has 6 heteroatoms. The molecule has 0 aromatic carbocycles. The summed E-state index contributed by atoms with van der Waals surface area (Å²) in [5.74, 6) is 1.06. The predicted octanol–water partition coefficient (Wildman–Crippen LogP) is 4.04. The lowest BCUT2D eigenvalue weighted by molar-refractivity contribution is 0.607. The van der Waals surface area contributed by atoms with Gasteiger partial charge in [0.15, 0.2) is 0 Å². The molecule has 94 valence electrons. The number of halogens is 2. The van der Waals surface area contributed by atoms with Crippen LogP contribution in [0.2, 0.25) is 4.34 Å². The monoisotopic (exact) mass is 291 g/mol. The van der Waals surface area contributed by atoms with E-state index in [0.29, 0.717) is 0 Å². The number of nitrogens with zero attached hydrogens (tertiary/aromatic N) is 2. The number of anilines is 1. The molecule has 2 rings (SSSR count). The molecule has 17 heavy (non-hydrogen) atoms. The Bertz CT molecular complexity index is 453. The van der Waals surface area contributed by atoms with E-state index in [0.717, 1.165) is 29.7 Å². The van der Waals surface area contributed by atoms with Gasteiger partial charge in [-0.25, -0.2) is 4.68 Å². The first kappa shape index (κ1) is 14.4. The summed E-state index contributed by atoms with van der Waals surface area (Å²) in [6, 6.07) is 5.96. The van der Waals surface area contributed by atoms with Gasteiger partial charge in [0.2, 0.25) is 0 Å². The van der Waals surface area contributed by atoms with E-state index in [1.54, 1.807) is 11.3 Å². The Morgan fingerprint density at radius 1 is 1.41 bits per heavy atom. The number of hydrogen-bond acceptors (Lipinski definition) is 3. The van der Waals surface area contributed by atoms with Gasteiger partial charge in [0.05, 0.1) is 17.1 Å². The zero-order valence-electron chi connectivity index (χ0n) is 9.52. The molecule has 0 saturated heterocycles. The van der Waals surface area contributed by atoms with Crippen molar-refractivity contribution in [3.8, 4) is 0 Å². The van der Waals surface area contributed by atoms with E-state index in [1.165, 1.54) is 4.88 Å². The van der Waals surface area contributed by atoms with Crippen molar-refractivity contribution < 1.29 is 0 Å². The van der Waals surface area contributed by atoms with Gasteiger partial charge < -0.3 is 5.32 Å². The summed E-state index contributed by atoms with van der Waals surface area (Å²) in [5.41, 5.74) is 0. The number of hydrogen-bond donors (Lipinski definition) is 1. The minimum atomic E-state index is 0. The van der Waals surface area contributed by atoms with Gasteiger partial charge in [-0.05, 0) is 18.6 Å². The van der Waals surface area contributed by atoms with Gasteiger partial charge in [-0.3, -0.25) is 0 Å². The Labute approximate surface area is 116 Å². The van der Waals surface area contributed by atoms with E-state index in [-0.39, 0.29) is 12.4 Å². The predicted molar refractivity (Wildman–Crippen MR) is 76.4 cm³/mol. The third-order valence-electron chi connectivity index (χ3n) is 2.22. The first-order chi connectivity index (χ1) is 7.79. The van der Waals surface area contributed by atoms with Crippen LogP contribution < -0.4 is 5.32 Å². The topological polar surface area (TPSA) is 29.9 Å². The van der Waals surface area contributed by atoms with Crippen LogP contribution in [-0.2, 0) is 13.1 Å². The quantitative estimate of drug-likeness (QED) is 0.901. The fraction of sp³-hybridized carbons (Fsp3) is 0.364. The van der Waals surface area contributed by atoms with E-state index >= 15 is 0 Å². The molecule has 0 radical (unpaired) electrons. The summed E-state index contributed by atoms with van der Waals surface area (Å²) >= 11 is 7.48. The molecule has 0 aliphatic carbocycles. The molecule has 2 aromatic heterocycles. The lowest BCUT2D eigenvalue weighted by atomic mass is 10.4. The lowest BCUT2D eigenvalue weighted by Crippen LogP contribution is -2.07. The van der Waals surface area contributed by atoms with Crippen LogP contribution in [0.5, 0.6) is 0 Å². The highest BCUT2D eigenvalue weighted by molar-refractivity contribution is 7.16. The maximum absolute atomic E-state index is 5.88. The second kappa shape index (κ2) is 6.89. The highest BCUT2D eigenvalue weighted by Crippen LogP contribution is 2.22. The van der Waals surface area contributed by atoms with Crippen molar-refractivity contribution in [2.24, 2.45) is 0 Å². The van der Waals surface area contributed by atoms with Crippen LogP contribution in [-0.4, -0.2) is 9.78 Å². The molecule has 0 aliphatic rings. The molecular formula is C11H15Cl2N3S. The van der Waals surface area contributed by atoms with Crippen molar-refractivity contribution in [3.05, 3.63) is 33.6 Å². The Hall–Kier alpha value is -0.710. The van der Waals surface area contributed by atoms with Gasteiger partial charge in [-0.2, -0.15) is 5.10 Å². The second-order valence-electron chi connectivity index (χ2n) is 3.50. The molecule has 2 heterocycles. The molecule has 0 atom stereocenters. The summed E-state index contributed by atoms with van der Waals surface area (Å²) in [6.45, 7) is 3.89. The average molecular weight is 292 g/mol. The van der Waals surface area contributed by atoms with Gasteiger partial charge in [-0.1, -0.05) is 18.5 Å². The summed E-state index contributed by atoms with van der Waals surface area (Å²) in [4.78, 5) is 1.23. The number of thiophene rings is 1.